The van der Waals surface area contributed by atoms with Crippen LogP contribution in [0.15, 0.2) is 36.4 Å². The normalized spacial score (nSPS) is 12.8. The summed E-state index contributed by atoms with van der Waals surface area (Å²) in [5, 5.41) is 19.9. The fourth-order valence-corrected chi connectivity index (χ4v) is 5.66. The van der Waals surface area contributed by atoms with Crippen molar-refractivity contribution in [1.82, 2.24) is 0 Å². The second kappa shape index (κ2) is 11.3. The number of nitrogens with zero attached hydrogens (tertiary/aromatic N) is 1. The number of nitriles is 1. The molecule has 2 aromatic carbocycles. The SMILES string of the molecule is CCC(CC(C(=O)OCc1ccccc1)c1cc(I)c(O)c(C#N)c1C)SI. The number of carbonyl (C=O) groups excluding carboxylic acids is 1. The molecule has 7 heteroatoms. The maximum atomic E-state index is 13.1. The van der Waals surface area contributed by atoms with Gasteiger partial charge in [-0.2, -0.15) is 5.26 Å². The van der Waals surface area contributed by atoms with Crippen molar-refractivity contribution in [1.29, 1.82) is 5.26 Å². The van der Waals surface area contributed by atoms with Crippen LogP contribution in [0.5, 0.6) is 5.75 Å². The van der Waals surface area contributed by atoms with Gasteiger partial charge >= 0.3 is 5.97 Å². The molecule has 1 N–H and O–H groups in total. The maximum Gasteiger partial charge on any atom is 0.313 e. The van der Waals surface area contributed by atoms with Crippen LogP contribution in [0, 0.1) is 21.8 Å². The molecule has 0 aliphatic heterocycles. The summed E-state index contributed by atoms with van der Waals surface area (Å²) in [7, 11) is 1.69. The van der Waals surface area contributed by atoms with E-state index in [1.165, 1.54) is 0 Å². The Morgan fingerprint density at radius 3 is 2.61 bits per heavy atom. The van der Waals surface area contributed by atoms with Gasteiger partial charge in [0.15, 0.2) is 0 Å². The summed E-state index contributed by atoms with van der Waals surface area (Å²) in [6, 6.07) is 13.4. The Kier molecular flexibility index (Phi) is 9.37. The summed E-state index contributed by atoms with van der Waals surface area (Å²) in [6.07, 6.45) is 1.54. The third-order valence-corrected chi connectivity index (χ3v) is 8.39. The molecule has 0 saturated heterocycles. The Balaban J connectivity index is 2.38. The summed E-state index contributed by atoms with van der Waals surface area (Å²) in [6.45, 7) is 4.08. The van der Waals surface area contributed by atoms with Gasteiger partial charge in [0.1, 0.15) is 18.4 Å². The number of carbonyl (C=O) groups is 1. The Morgan fingerprint density at radius 2 is 2.04 bits per heavy atom. The number of phenols is 1. The molecule has 0 radical (unpaired) electrons. The van der Waals surface area contributed by atoms with E-state index in [9.17, 15) is 15.2 Å². The molecular formula is C21H21I2NO3S. The fourth-order valence-electron chi connectivity index (χ4n) is 2.96. The summed E-state index contributed by atoms with van der Waals surface area (Å²) in [4.78, 5) is 13.1. The van der Waals surface area contributed by atoms with Crippen molar-refractivity contribution >= 4 is 58.7 Å². The zero-order valence-electron chi connectivity index (χ0n) is 15.6. The lowest BCUT2D eigenvalue weighted by Gasteiger charge is -2.23. The van der Waals surface area contributed by atoms with Crippen molar-refractivity contribution in [3.8, 4) is 11.8 Å². The summed E-state index contributed by atoms with van der Waals surface area (Å²) < 4.78 is 6.20. The lowest BCUT2D eigenvalue weighted by Crippen LogP contribution is -2.21. The fraction of sp³-hybridized carbons (Fsp3) is 0.333. The van der Waals surface area contributed by atoms with Crippen molar-refractivity contribution in [3.63, 3.8) is 0 Å². The van der Waals surface area contributed by atoms with Crippen molar-refractivity contribution < 1.29 is 14.6 Å². The number of aromatic hydroxyl groups is 1. The van der Waals surface area contributed by atoms with E-state index in [4.69, 9.17) is 4.74 Å². The lowest BCUT2D eigenvalue weighted by molar-refractivity contribution is -0.147. The number of ether oxygens (including phenoxy) is 1. The topological polar surface area (TPSA) is 70.3 Å². The quantitative estimate of drug-likeness (QED) is 0.279. The maximum absolute atomic E-state index is 13.1. The van der Waals surface area contributed by atoms with E-state index in [0.717, 1.165) is 17.5 Å². The molecule has 0 saturated carbocycles. The second-order valence-electron chi connectivity index (χ2n) is 6.41. The first-order chi connectivity index (χ1) is 13.4. The second-order valence-corrected chi connectivity index (χ2v) is 9.94. The standard InChI is InChI=1S/C21H21I2NO3S/c1-3-15(28-23)9-17(21(26)27-12-14-7-5-4-6-8-14)16-10-19(22)20(25)18(11-24)13(16)2/h4-8,10,15,17,25H,3,9,12H2,1-2H3. The minimum atomic E-state index is -0.489. The zero-order valence-corrected chi connectivity index (χ0v) is 20.7. The number of hydrogen-bond donors (Lipinski definition) is 1. The first-order valence-corrected chi connectivity index (χ1v) is 13.3. The van der Waals surface area contributed by atoms with Gasteiger partial charge < -0.3 is 9.84 Å². The predicted molar refractivity (Wildman–Crippen MR) is 130 cm³/mol. The predicted octanol–water partition coefficient (Wildman–Crippen LogP) is 6.26. The van der Waals surface area contributed by atoms with Gasteiger partial charge in [0.25, 0.3) is 0 Å². The number of halogens is 2. The monoisotopic (exact) mass is 621 g/mol. The summed E-state index contributed by atoms with van der Waals surface area (Å²) in [5.41, 5.74) is 2.54. The zero-order chi connectivity index (χ0) is 20.7. The summed E-state index contributed by atoms with van der Waals surface area (Å²) >= 11 is 4.26. The summed E-state index contributed by atoms with van der Waals surface area (Å²) in [5.74, 6) is -0.825. The van der Waals surface area contributed by atoms with Crippen LogP contribution >= 0.6 is 52.7 Å². The highest BCUT2D eigenvalue weighted by atomic mass is 127. The number of esters is 1. The molecule has 2 rings (SSSR count). The van der Waals surface area contributed by atoms with E-state index < -0.39 is 5.92 Å². The first-order valence-electron chi connectivity index (χ1n) is 8.82. The average molecular weight is 621 g/mol. The van der Waals surface area contributed by atoms with Crippen LogP contribution < -0.4 is 0 Å². The van der Waals surface area contributed by atoms with E-state index in [1.807, 2.05) is 52.9 Å². The molecule has 0 bridgehead atoms. The van der Waals surface area contributed by atoms with Crippen molar-refractivity contribution in [2.45, 2.75) is 44.5 Å². The largest absolute Gasteiger partial charge is 0.505 e. The molecule has 2 unspecified atom stereocenters. The Morgan fingerprint density at radius 1 is 1.36 bits per heavy atom. The third-order valence-electron chi connectivity index (χ3n) is 4.63. The van der Waals surface area contributed by atoms with Gasteiger partial charge in [0, 0.05) is 5.25 Å². The van der Waals surface area contributed by atoms with Crippen molar-refractivity contribution in [2.24, 2.45) is 0 Å². The molecule has 4 nitrogen and oxygen atoms in total. The molecule has 28 heavy (non-hydrogen) atoms. The smallest absolute Gasteiger partial charge is 0.313 e. The molecule has 0 aliphatic rings. The van der Waals surface area contributed by atoms with Gasteiger partial charge in [-0.15, -0.1) is 0 Å². The molecule has 0 aliphatic carbocycles. The highest BCUT2D eigenvalue weighted by Crippen LogP contribution is 2.38. The van der Waals surface area contributed by atoms with Gasteiger partial charge in [-0.3, -0.25) is 4.79 Å². The molecule has 0 spiro atoms. The van der Waals surface area contributed by atoms with Crippen LogP contribution in [0.3, 0.4) is 0 Å². The number of benzene rings is 2. The van der Waals surface area contributed by atoms with Gasteiger partial charge in [0.05, 0.1) is 15.1 Å². The van der Waals surface area contributed by atoms with Gasteiger partial charge in [-0.25, -0.2) is 0 Å². The molecule has 0 aromatic heterocycles. The van der Waals surface area contributed by atoms with E-state index in [-0.39, 0.29) is 29.1 Å². The highest BCUT2D eigenvalue weighted by Gasteiger charge is 2.29. The van der Waals surface area contributed by atoms with Crippen LogP contribution in [-0.4, -0.2) is 16.3 Å². The van der Waals surface area contributed by atoms with Crippen molar-refractivity contribution in [3.05, 3.63) is 62.2 Å². The average Bonchev–Trinajstić information content (AvgIpc) is 2.71. The van der Waals surface area contributed by atoms with E-state index in [2.05, 4.69) is 34.2 Å². The molecule has 0 fully saturated rings. The van der Waals surface area contributed by atoms with E-state index >= 15 is 0 Å². The van der Waals surface area contributed by atoms with Crippen LogP contribution in [0.1, 0.15) is 47.9 Å². The molecule has 2 aromatic rings. The van der Waals surface area contributed by atoms with Crippen molar-refractivity contribution in [2.75, 3.05) is 0 Å². The molecule has 0 heterocycles. The molecule has 148 valence electrons. The van der Waals surface area contributed by atoms with Crippen LogP contribution in [0.2, 0.25) is 0 Å². The first kappa shape index (κ1) is 23.3. The Labute approximate surface area is 195 Å². The van der Waals surface area contributed by atoms with Gasteiger partial charge in [-0.05, 0) is 86.3 Å². The minimum absolute atomic E-state index is 0.0314. The molecule has 0 amide bonds. The van der Waals surface area contributed by atoms with Crippen LogP contribution in [0.4, 0.5) is 0 Å². The minimum Gasteiger partial charge on any atom is -0.505 e. The highest BCUT2D eigenvalue weighted by molar-refractivity contribution is 14.2. The lowest BCUT2D eigenvalue weighted by atomic mass is 9.88. The van der Waals surface area contributed by atoms with Gasteiger partial charge in [-0.1, -0.05) is 46.2 Å². The Hall–Kier alpha value is -0.990. The van der Waals surface area contributed by atoms with Crippen LogP contribution in [-0.2, 0) is 16.1 Å². The van der Waals surface area contributed by atoms with E-state index in [1.54, 1.807) is 21.9 Å². The number of phenolic OH excluding ortho intramolecular Hbond substituents is 1. The number of rotatable bonds is 8. The Bertz CT molecular complexity index is 864. The van der Waals surface area contributed by atoms with Gasteiger partial charge in [0.2, 0.25) is 0 Å². The van der Waals surface area contributed by atoms with E-state index in [0.29, 0.717) is 15.6 Å². The molecular weight excluding hydrogens is 600 g/mol. The molecule has 2 atom stereocenters. The number of hydrogen-bond acceptors (Lipinski definition) is 5. The third kappa shape index (κ3) is 5.76. The van der Waals surface area contributed by atoms with Crippen LogP contribution in [0.25, 0.3) is 0 Å².